The largest absolute Gasteiger partial charge is 0.493 e. The molecule has 1 atom stereocenters. The van der Waals surface area contributed by atoms with Crippen molar-refractivity contribution in [3.63, 3.8) is 0 Å². The van der Waals surface area contributed by atoms with Gasteiger partial charge in [-0.15, -0.1) is 0 Å². The number of halogens is 2. The standard InChI is InChI=1S/C24H29ClIN3O4/c1-5-10-33-22-19(26)12-16(13-21(22)32-4)14-27-29-24(31)20(11-15(2)3)28-23(30)17-6-8-18(25)9-7-17/h6-9,12-15,20H,5,10-11H2,1-4H3,(H,28,30)(H,29,31). The molecule has 0 radical (unpaired) electrons. The Hall–Kier alpha value is -2.33. The quantitative estimate of drug-likeness (QED) is 0.220. The summed E-state index contributed by atoms with van der Waals surface area (Å²) in [7, 11) is 1.58. The summed E-state index contributed by atoms with van der Waals surface area (Å²) < 4.78 is 12.1. The normalized spacial score (nSPS) is 12.0. The first-order chi connectivity index (χ1) is 15.7. The van der Waals surface area contributed by atoms with Crippen molar-refractivity contribution in [3.8, 4) is 11.5 Å². The van der Waals surface area contributed by atoms with Gasteiger partial charge in [0.2, 0.25) is 0 Å². The van der Waals surface area contributed by atoms with Gasteiger partial charge in [-0.25, -0.2) is 5.43 Å². The number of carbonyl (C=O) groups is 2. The van der Waals surface area contributed by atoms with E-state index in [0.29, 0.717) is 35.1 Å². The molecule has 0 saturated carbocycles. The van der Waals surface area contributed by atoms with Crippen LogP contribution in [0.1, 0.15) is 49.5 Å². The molecular formula is C24H29ClIN3O4. The summed E-state index contributed by atoms with van der Waals surface area (Å²) in [5, 5.41) is 7.39. The number of carbonyl (C=O) groups excluding carboxylic acids is 2. The topological polar surface area (TPSA) is 89.0 Å². The number of nitrogens with one attached hydrogen (secondary N) is 2. The minimum absolute atomic E-state index is 0.191. The van der Waals surface area contributed by atoms with Crippen molar-refractivity contribution in [1.82, 2.24) is 10.7 Å². The smallest absolute Gasteiger partial charge is 0.262 e. The summed E-state index contributed by atoms with van der Waals surface area (Å²) in [5.41, 5.74) is 3.70. The van der Waals surface area contributed by atoms with Gasteiger partial charge in [-0.1, -0.05) is 32.4 Å². The van der Waals surface area contributed by atoms with E-state index in [2.05, 4.69) is 38.4 Å². The Labute approximate surface area is 213 Å². The van der Waals surface area contributed by atoms with Crippen LogP contribution in [0.4, 0.5) is 0 Å². The van der Waals surface area contributed by atoms with Gasteiger partial charge in [0.15, 0.2) is 11.5 Å². The second-order valence-corrected chi connectivity index (χ2v) is 9.38. The van der Waals surface area contributed by atoms with Crippen LogP contribution < -0.4 is 20.2 Å². The van der Waals surface area contributed by atoms with Gasteiger partial charge >= 0.3 is 0 Å². The second kappa shape index (κ2) is 13.4. The van der Waals surface area contributed by atoms with Crippen LogP contribution in [0.25, 0.3) is 0 Å². The van der Waals surface area contributed by atoms with Crippen molar-refractivity contribution in [2.75, 3.05) is 13.7 Å². The molecule has 2 amide bonds. The Morgan fingerprint density at radius 2 is 1.91 bits per heavy atom. The van der Waals surface area contributed by atoms with E-state index in [9.17, 15) is 9.59 Å². The van der Waals surface area contributed by atoms with Crippen molar-refractivity contribution >= 4 is 52.2 Å². The van der Waals surface area contributed by atoms with Crippen molar-refractivity contribution in [2.24, 2.45) is 11.0 Å². The number of hydrazone groups is 1. The SMILES string of the molecule is CCCOc1c(I)cc(C=NNC(=O)C(CC(C)C)NC(=O)c2ccc(Cl)cc2)cc1OC. The first kappa shape index (κ1) is 26.9. The Balaban J connectivity index is 2.09. The first-order valence-corrected chi connectivity index (χ1v) is 12.1. The lowest BCUT2D eigenvalue weighted by Gasteiger charge is -2.19. The molecule has 9 heteroatoms. The van der Waals surface area contributed by atoms with Crippen LogP contribution in [0.2, 0.25) is 5.02 Å². The van der Waals surface area contributed by atoms with Gasteiger partial charge in [0.1, 0.15) is 6.04 Å². The van der Waals surface area contributed by atoms with Gasteiger partial charge in [0, 0.05) is 10.6 Å². The maximum atomic E-state index is 12.7. The zero-order valence-electron chi connectivity index (χ0n) is 19.2. The molecule has 33 heavy (non-hydrogen) atoms. The third-order valence-electron chi connectivity index (χ3n) is 4.53. The van der Waals surface area contributed by atoms with Crippen molar-refractivity contribution in [3.05, 3.63) is 56.1 Å². The zero-order chi connectivity index (χ0) is 24.4. The van der Waals surface area contributed by atoms with Crippen LogP contribution in [0, 0.1) is 9.49 Å². The number of ether oxygens (including phenoxy) is 2. The van der Waals surface area contributed by atoms with Crippen molar-refractivity contribution < 1.29 is 19.1 Å². The highest BCUT2D eigenvalue weighted by molar-refractivity contribution is 14.1. The summed E-state index contributed by atoms with van der Waals surface area (Å²) in [6.07, 6.45) is 2.88. The molecule has 2 rings (SSSR count). The highest BCUT2D eigenvalue weighted by Gasteiger charge is 2.22. The van der Waals surface area contributed by atoms with Gasteiger partial charge in [-0.2, -0.15) is 5.10 Å². The predicted octanol–water partition coefficient (Wildman–Crippen LogP) is 5.04. The zero-order valence-corrected chi connectivity index (χ0v) is 22.1. The monoisotopic (exact) mass is 585 g/mol. The van der Waals surface area contributed by atoms with Gasteiger partial charge in [0.25, 0.3) is 11.8 Å². The first-order valence-electron chi connectivity index (χ1n) is 10.6. The molecule has 1 unspecified atom stereocenters. The fourth-order valence-corrected chi connectivity index (χ4v) is 3.86. The van der Waals surface area contributed by atoms with Crippen LogP contribution in [0.3, 0.4) is 0 Å². The summed E-state index contributed by atoms with van der Waals surface area (Å²) in [6, 6.07) is 9.43. The third-order valence-corrected chi connectivity index (χ3v) is 5.58. The van der Waals surface area contributed by atoms with E-state index in [1.165, 1.54) is 6.21 Å². The molecule has 0 heterocycles. The average Bonchev–Trinajstić information content (AvgIpc) is 2.77. The molecule has 178 valence electrons. The number of nitrogens with zero attached hydrogens (tertiary/aromatic N) is 1. The lowest BCUT2D eigenvalue weighted by Crippen LogP contribution is -2.46. The maximum Gasteiger partial charge on any atom is 0.262 e. The molecule has 7 nitrogen and oxygen atoms in total. The predicted molar refractivity (Wildman–Crippen MR) is 139 cm³/mol. The molecule has 0 fully saturated rings. The van der Waals surface area contributed by atoms with E-state index >= 15 is 0 Å². The van der Waals surface area contributed by atoms with E-state index < -0.39 is 11.9 Å². The lowest BCUT2D eigenvalue weighted by molar-refractivity contribution is -0.123. The lowest BCUT2D eigenvalue weighted by atomic mass is 10.0. The summed E-state index contributed by atoms with van der Waals surface area (Å²) >= 11 is 8.06. The van der Waals surface area contributed by atoms with E-state index in [4.69, 9.17) is 21.1 Å². The van der Waals surface area contributed by atoms with Gasteiger partial charge in [-0.3, -0.25) is 9.59 Å². The maximum absolute atomic E-state index is 12.7. The Morgan fingerprint density at radius 3 is 2.52 bits per heavy atom. The third kappa shape index (κ3) is 8.51. The molecule has 2 aromatic carbocycles. The summed E-state index contributed by atoms with van der Waals surface area (Å²) in [6.45, 7) is 6.59. The van der Waals surface area contributed by atoms with Crippen LogP contribution in [0.15, 0.2) is 41.5 Å². The molecule has 2 N–H and O–H groups in total. The Morgan fingerprint density at radius 1 is 1.21 bits per heavy atom. The molecular weight excluding hydrogens is 557 g/mol. The summed E-state index contributed by atoms with van der Waals surface area (Å²) in [4.78, 5) is 25.3. The minimum atomic E-state index is -0.732. The number of amides is 2. The molecule has 0 aliphatic rings. The molecule has 0 bridgehead atoms. The van der Waals surface area contributed by atoms with Crippen molar-refractivity contribution in [1.29, 1.82) is 0 Å². The average molecular weight is 586 g/mol. The Kier molecular flexibility index (Phi) is 10.9. The highest BCUT2D eigenvalue weighted by atomic mass is 127. The fourth-order valence-electron chi connectivity index (χ4n) is 2.95. The number of rotatable bonds is 11. The number of methoxy groups -OCH3 is 1. The molecule has 0 saturated heterocycles. The molecule has 0 aliphatic heterocycles. The Bertz CT molecular complexity index is 980. The van der Waals surface area contributed by atoms with Crippen LogP contribution in [-0.4, -0.2) is 37.8 Å². The van der Waals surface area contributed by atoms with E-state index in [1.807, 2.05) is 26.8 Å². The summed E-state index contributed by atoms with van der Waals surface area (Å²) in [5.74, 6) is 0.723. The molecule has 0 aromatic heterocycles. The fraction of sp³-hybridized carbons (Fsp3) is 0.375. The van der Waals surface area contributed by atoms with Gasteiger partial charge in [-0.05, 0) is 83.3 Å². The van der Waals surface area contributed by atoms with E-state index in [-0.39, 0.29) is 11.8 Å². The van der Waals surface area contributed by atoms with Crippen molar-refractivity contribution in [2.45, 2.75) is 39.7 Å². The molecule has 2 aromatic rings. The molecule has 0 aliphatic carbocycles. The second-order valence-electron chi connectivity index (χ2n) is 7.78. The number of hydrogen-bond donors (Lipinski definition) is 2. The highest BCUT2D eigenvalue weighted by Crippen LogP contribution is 2.33. The molecule has 0 spiro atoms. The van der Waals surface area contributed by atoms with Crippen LogP contribution >= 0.6 is 34.2 Å². The van der Waals surface area contributed by atoms with Gasteiger partial charge < -0.3 is 14.8 Å². The number of hydrogen-bond acceptors (Lipinski definition) is 5. The van der Waals surface area contributed by atoms with Crippen LogP contribution in [-0.2, 0) is 4.79 Å². The number of benzene rings is 2. The van der Waals surface area contributed by atoms with E-state index in [1.54, 1.807) is 37.4 Å². The minimum Gasteiger partial charge on any atom is -0.493 e. The van der Waals surface area contributed by atoms with Gasteiger partial charge in [0.05, 0.1) is 23.5 Å². The van der Waals surface area contributed by atoms with E-state index in [0.717, 1.165) is 15.6 Å². The van der Waals surface area contributed by atoms with Crippen LogP contribution in [0.5, 0.6) is 11.5 Å².